The Bertz CT molecular complexity index is 1600. The summed E-state index contributed by atoms with van der Waals surface area (Å²) in [5.74, 6) is 0. The Morgan fingerprint density at radius 3 is 2.38 bits per heavy atom. The van der Waals surface area contributed by atoms with Gasteiger partial charge in [0.15, 0.2) is 0 Å². The Morgan fingerprint density at radius 1 is 0.793 bits per heavy atom. The van der Waals surface area contributed by atoms with E-state index in [0.717, 1.165) is 63.8 Å². The van der Waals surface area contributed by atoms with Crippen LogP contribution in [0.1, 0.15) is 0 Å². The molecule has 0 saturated carbocycles. The van der Waals surface area contributed by atoms with Gasteiger partial charge in [-0.25, -0.2) is 4.98 Å². The van der Waals surface area contributed by atoms with Crippen LogP contribution in [0.3, 0.4) is 0 Å². The van der Waals surface area contributed by atoms with Gasteiger partial charge in [0.2, 0.25) is 0 Å². The number of H-pyrrole nitrogens is 2. The fraction of sp³-hybridized carbons (Fsp3) is 0. The lowest BCUT2D eigenvalue weighted by atomic mass is 9.96. The van der Waals surface area contributed by atoms with Crippen molar-refractivity contribution in [3.63, 3.8) is 0 Å². The number of hydrogen-bond donors (Lipinski definition) is 2. The number of fused-ring (bicyclic) bond motifs is 5. The summed E-state index contributed by atoms with van der Waals surface area (Å²) in [6, 6.07) is 18.4. The predicted octanol–water partition coefficient (Wildman–Crippen LogP) is 8.20. The lowest BCUT2D eigenvalue weighted by molar-refractivity contribution is 1.40. The highest BCUT2D eigenvalue weighted by Gasteiger charge is 2.19. The van der Waals surface area contributed by atoms with E-state index in [-0.39, 0.29) is 0 Å². The van der Waals surface area contributed by atoms with Gasteiger partial charge in [0.25, 0.3) is 0 Å². The minimum Gasteiger partial charge on any atom is -0.361 e. The maximum Gasteiger partial charge on any atom is 0.139 e. The van der Waals surface area contributed by atoms with Crippen LogP contribution in [0.2, 0.25) is 5.02 Å². The molecule has 0 atom stereocenters. The van der Waals surface area contributed by atoms with Crippen molar-refractivity contribution in [2.24, 2.45) is 0 Å². The molecule has 3 aromatic carbocycles. The van der Waals surface area contributed by atoms with Crippen molar-refractivity contribution < 1.29 is 0 Å². The van der Waals surface area contributed by atoms with Gasteiger partial charge >= 0.3 is 0 Å². The highest BCUT2D eigenvalue weighted by Crippen LogP contribution is 2.43. The van der Waals surface area contributed by atoms with Crippen molar-refractivity contribution in [3.8, 4) is 11.1 Å². The zero-order chi connectivity index (χ0) is 19.7. The van der Waals surface area contributed by atoms with Crippen LogP contribution in [0.25, 0.3) is 54.9 Å². The molecule has 0 fully saturated rings. The first-order chi connectivity index (χ1) is 14.1. The highest BCUT2D eigenvalue weighted by atomic mass is 79.9. The van der Waals surface area contributed by atoms with E-state index in [1.54, 1.807) is 0 Å². The van der Waals surface area contributed by atoms with E-state index in [1.807, 2.05) is 30.3 Å². The summed E-state index contributed by atoms with van der Waals surface area (Å²) in [6.07, 6.45) is 2.07. The first-order valence-electron chi connectivity index (χ1n) is 9.06. The average Bonchev–Trinajstić information content (AvgIpc) is 3.27. The van der Waals surface area contributed by atoms with Crippen LogP contribution in [-0.4, -0.2) is 15.0 Å². The van der Waals surface area contributed by atoms with Crippen molar-refractivity contribution in [1.82, 2.24) is 15.0 Å². The van der Waals surface area contributed by atoms with Crippen LogP contribution < -0.4 is 0 Å². The molecule has 0 unspecified atom stereocenters. The summed E-state index contributed by atoms with van der Waals surface area (Å²) in [7, 11) is 0. The summed E-state index contributed by atoms with van der Waals surface area (Å²) in [5.41, 5.74) is 6.17. The third kappa shape index (κ3) is 2.65. The topological polar surface area (TPSA) is 44.5 Å². The number of nitrogens with one attached hydrogen (secondary N) is 2. The van der Waals surface area contributed by atoms with Gasteiger partial charge in [0.05, 0.1) is 5.52 Å². The third-order valence-electron chi connectivity index (χ3n) is 5.36. The van der Waals surface area contributed by atoms with Crippen molar-refractivity contribution in [1.29, 1.82) is 0 Å². The summed E-state index contributed by atoms with van der Waals surface area (Å²) in [6.45, 7) is 0. The first kappa shape index (κ1) is 17.5. The number of hydrogen-bond acceptors (Lipinski definition) is 1. The molecule has 0 aliphatic heterocycles. The lowest BCUT2D eigenvalue weighted by Gasteiger charge is -2.09. The molecule has 0 saturated heterocycles. The van der Waals surface area contributed by atoms with Crippen molar-refractivity contribution in [2.75, 3.05) is 0 Å². The molecule has 6 rings (SSSR count). The average molecular weight is 526 g/mol. The molecule has 0 bridgehead atoms. The van der Waals surface area contributed by atoms with Crippen LogP contribution in [0.5, 0.6) is 0 Å². The van der Waals surface area contributed by atoms with Gasteiger partial charge in [0.1, 0.15) is 5.65 Å². The molecule has 6 heteroatoms. The highest BCUT2D eigenvalue weighted by molar-refractivity contribution is 9.10. The first-order valence-corrected chi connectivity index (χ1v) is 11.0. The second-order valence-corrected chi connectivity index (χ2v) is 9.35. The van der Waals surface area contributed by atoms with E-state index in [1.165, 1.54) is 0 Å². The van der Waals surface area contributed by atoms with Crippen LogP contribution in [0.15, 0.2) is 69.7 Å². The number of pyridine rings is 1. The second-order valence-electron chi connectivity index (χ2n) is 7.08. The molecular weight excluding hydrogens is 514 g/mol. The van der Waals surface area contributed by atoms with E-state index in [0.29, 0.717) is 5.02 Å². The molecule has 0 aliphatic carbocycles. The zero-order valence-electron chi connectivity index (χ0n) is 14.9. The fourth-order valence-electron chi connectivity index (χ4n) is 4.13. The Hall–Kier alpha value is -2.34. The minimum absolute atomic E-state index is 0.696. The number of nitrogens with zero attached hydrogens (tertiary/aromatic N) is 1. The van der Waals surface area contributed by atoms with E-state index >= 15 is 0 Å². The maximum atomic E-state index is 6.41. The summed E-state index contributed by atoms with van der Waals surface area (Å²) in [5, 5.41) is 5.10. The number of benzene rings is 3. The van der Waals surface area contributed by atoms with Gasteiger partial charge in [-0.15, -0.1) is 0 Å². The standard InChI is InChI=1S/C23H12Br2ClN3/c24-11-1-4-18-14(7-11)17(10-27-18)21-16-9-13(26)3-6-20(16)29-23-22(21)15-8-12(25)2-5-19(15)28-23/h1-10,27H,(H,28,29). The monoisotopic (exact) mass is 523 g/mol. The summed E-state index contributed by atoms with van der Waals surface area (Å²) < 4.78 is 2.07. The van der Waals surface area contributed by atoms with E-state index < -0.39 is 0 Å². The SMILES string of the molecule is Clc1ccc2nc3[nH]c4ccc(Br)cc4c3c(-c3c[nH]c4ccc(Br)cc34)c2c1. The van der Waals surface area contributed by atoms with Crippen LogP contribution >= 0.6 is 43.5 Å². The molecule has 0 amide bonds. The van der Waals surface area contributed by atoms with Crippen LogP contribution in [0, 0.1) is 0 Å². The Kier molecular flexibility index (Phi) is 3.82. The Morgan fingerprint density at radius 2 is 1.55 bits per heavy atom. The molecule has 0 radical (unpaired) electrons. The van der Waals surface area contributed by atoms with Gasteiger partial charge in [-0.1, -0.05) is 43.5 Å². The molecule has 3 nitrogen and oxygen atoms in total. The Labute approximate surface area is 187 Å². The van der Waals surface area contributed by atoms with Crippen LogP contribution in [-0.2, 0) is 0 Å². The van der Waals surface area contributed by atoms with E-state index in [4.69, 9.17) is 16.6 Å². The molecule has 0 spiro atoms. The Balaban J connectivity index is 1.89. The lowest BCUT2D eigenvalue weighted by Crippen LogP contribution is -1.88. The molecule has 3 aromatic heterocycles. The number of aromatic nitrogens is 3. The van der Waals surface area contributed by atoms with Crippen molar-refractivity contribution in [3.05, 3.63) is 74.8 Å². The van der Waals surface area contributed by atoms with E-state index in [9.17, 15) is 0 Å². The minimum atomic E-state index is 0.696. The van der Waals surface area contributed by atoms with Gasteiger partial charge < -0.3 is 9.97 Å². The van der Waals surface area contributed by atoms with Gasteiger partial charge in [-0.3, -0.25) is 0 Å². The summed E-state index contributed by atoms with van der Waals surface area (Å²) in [4.78, 5) is 11.8. The molecule has 2 N–H and O–H groups in total. The smallest absolute Gasteiger partial charge is 0.139 e. The van der Waals surface area contributed by atoms with Gasteiger partial charge in [-0.2, -0.15) is 0 Å². The predicted molar refractivity (Wildman–Crippen MR) is 129 cm³/mol. The van der Waals surface area contributed by atoms with Crippen LogP contribution in [0.4, 0.5) is 0 Å². The van der Waals surface area contributed by atoms with Crippen molar-refractivity contribution >= 4 is 87.2 Å². The largest absolute Gasteiger partial charge is 0.361 e. The number of rotatable bonds is 1. The molecular formula is C23H12Br2ClN3. The van der Waals surface area contributed by atoms with Gasteiger partial charge in [0, 0.05) is 63.9 Å². The molecule has 29 heavy (non-hydrogen) atoms. The number of halogens is 3. The van der Waals surface area contributed by atoms with E-state index in [2.05, 4.69) is 72.3 Å². The molecule has 6 aromatic rings. The van der Waals surface area contributed by atoms with Crippen molar-refractivity contribution in [2.45, 2.75) is 0 Å². The fourth-order valence-corrected chi connectivity index (χ4v) is 5.02. The molecule has 0 aliphatic rings. The zero-order valence-corrected chi connectivity index (χ0v) is 18.8. The number of aromatic amines is 2. The third-order valence-corrected chi connectivity index (χ3v) is 6.59. The summed E-state index contributed by atoms with van der Waals surface area (Å²) >= 11 is 13.6. The quantitative estimate of drug-likeness (QED) is 0.223. The molecule has 3 heterocycles. The van der Waals surface area contributed by atoms with Gasteiger partial charge in [-0.05, 0) is 54.6 Å². The second kappa shape index (κ2) is 6.33. The normalized spacial score (nSPS) is 12.0. The maximum absolute atomic E-state index is 6.41. The molecule has 140 valence electrons.